The zero-order valence-electron chi connectivity index (χ0n) is 15.1. The Balaban J connectivity index is 2.10. The lowest BCUT2D eigenvalue weighted by molar-refractivity contribution is -0.114. The van der Waals surface area contributed by atoms with Crippen LogP contribution < -0.4 is 20.2 Å². The van der Waals surface area contributed by atoms with Crippen molar-refractivity contribution in [1.82, 2.24) is 5.43 Å². The smallest absolute Gasteiger partial charge is 0.271 e. The second-order valence-corrected chi connectivity index (χ2v) is 5.46. The van der Waals surface area contributed by atoms with Gasteiger partial charge in [0.05, 0.1) is 19.9 Å². The van der Waals surface area contributed by atoms with Crippen molar-refractivity contribution in [2.75, 3.05) is 19.5 Å². The third-order valence-electron chi connectivity index (χ3n) is 3.59. The number of nitrogens with one attached hydrogen (secondary N) is 2. The third kappa shape index (κ3) is 4.83. The van der Waals surface area contributed by atoms with E-state index >= 15 is 0 Å². The molecule has 26 heavy (non-hydrogen) atoms. The summed E-state index contributed by atoms with van der Waals surface area (Å²) in [6.07, 6.45) is 0. The van der Waals surface area contributed by atoms with E-state index in [0.717, 1.165) is 5.56 Å². The summed E-state index contributed by atoms with van der Waals surface area (Å²) in [4.78, 5) is 23.2. The minimum absolute atomic E-state index is 0.170. The molecule has 0 saturated heterocycles. The van der Waals surface area contributed by atoms with Gasteiger partial charge in [0.1, 0.15) is 11.5 Å². The Kier molecular flexibility index (Phi) is 6.32. The van der Waals surface area contributed by atoms with Gasteiger partial charge in [-0.1, -0.05) is 0 Å². The lowest BCUT2D eigenvalue weighted by Crippen LogP contribution is -2.19. The van der Waals surface area contributed by atoms with Gasteiger partial charge in [-0.05, 0) is 43.3 Å². The second-order valence-electron chi connectivity index (χ2n) is 5.46. The second kappa shape index (κ2) is 8.66. The van der Waals surface area contributed by atoms with Crippen molar-refractivity contribution in [3.05, 3.63) is 53.6 Å². The number of rotatable bonds is 6. The number of anilines is 1. The summed E-state index contributed by atoms with van der Waals surface area (Å²) in [5, 5.41) is 6.77. The van der Waals surface area contributed by atoms with E-state index < -0.39 is 0 Å². The molecule has 0 aliphatic rings. The monoisotopic (exact) mass is 355 g/mol. The van der Waals surface area contributed by atoms with Crippen LogP contribution >= 0.6 is 0 Å². The van der Waals surface area contributed by atoms with Crippen molar-refractivity contribution in [2.24, 2.45) is 5.10 Å². The molecule has 0 bridgehead atoms. The third-order valence-corrected chi connectivity index (χ3v) is 3.59. The Bertz CT molecular complexity index is 829. The molecule has 0 aliphatic heterocycles. The topological polar surface area (TPSA) is 89.0 Å². The Hall–Kier alpha value is -3.35. The molecule has 2 rings (SSSR count). The number of hydrazone groups is 1. The maximum Gasteiger partial charge on any atom is 0.271 e. The van der Waals surface area contributed by atoms with Gasteiger partial charge in [-0.25, -0.2) is 5.43 Å². The molecule has 0 heterocycles. The van der Waals surface area contributed by atoms with Crippen LogP contribution in [0.15, 0.2) is 47.6 Å². The highest BCUT2D eigenvalue weighted by Gasteiger charge is 2.10. The lowest BCUT2D eigenvalue weighted by Gasteiger charge is -2.10. The van der Waals surface area contributed by atoms with E-state index in [9.17, 15) is 9.59 Å². The van der Waals surface area contributed by atoms with Crippen molar-refractivity contribution in [2.45, 2.75) is 13.8 Å². The van der Waals surface area contributed by atoms with Crippen LogP contribution in [0.3, 0.4) is 0 Å². The molecule has 0 saturated carbocycles. The largest absolute Gasteiger partial charge is 0.497 e. The highest BCUT2D eigenvalue weighted by Crippen LogP contribution is 2.25. The van der Waals surface area contributed by atoms with E-state index in [1.807, 2.05) is 6.07 Å². The fourth-order valence-electron chi connectivity index (χ4n) is 2.27. The van der Waals surface area contributed by atoms with Crippen LogP contribution in [0.25, 0.3) is 0 Å². The van der Waals surface area contributed by atoms with E-state index in [2.05, 4.69) is 15.8 Å². The highest BCUT2D eigenvalue weighted by molar-refractivity contribution is 6.03. The molecule has 0 aliphatic carbocycles. The summed E-state index contributed by atoms with van der Waals surface area (Å²) in [5.41, 5.74) is 4.90. The Morgan fingerprint density at radius 3 is 2.23 bits per heavy atom. The van der Waals surface area contributed by atoms with Gasteiger partial charge in [0, 0.05) is 29.8 Å². The Morgan fingerprint density at radius 2 is 1.65 bits per heavy atom. The van der Waals surface area contributed by atoms with Gasteiger partial charge in [0.25, 0.3) is 5.91 Å². The predicted molar refractivity (Wildman–Crippen MR) is 100.0 cm³/mol. The van der Waals surface area contributed by atoms with Gasteiger partial charge in [-0.2, -0.15) is 5.10 Å². The predicted octanol–water partition coefficient (Wildman–Crippen LogP) is 2.82. The number of amides is 2. The van der Waals surface area contributed by atoms with E-state index in [0.29, 0.717) is 28.5 Å². The first kappa shape index (κ1) is 19.0. The number of ether oxygens (including phenoxy) is 2. The standard InChI is InChI=1S/C19H21N3O4/c1-12(17-10-9-16(25-3)11-18(17)26-4)21-22-19(24)14-5-7-15(8-6-14)20-13(2)23/h5-11H,1-4H3,(H,20,23)(H,22,24)/b21-12+. The molecule has 7 nitrogen and oxygen atoms in total. The number of methoxy groups -OCH3 is 2. The maximum absolute atomic E-state index is 12.2. The average Bonchev–Trinajstić information content (AvgIpc) is 2.65. The maximum atomic E-state index is 12.2. The zero-order chi connectivity index (χ0) is 19.1. The molecule has 0 spiro atoms. The van der Waals surface area contributed by atoms with Crippen LogP contribution in [-0.4, -0.2) is 31.7 Å². The van der Waals surface area contributed by atoms with Crippen LogP contribution in [0.1, 0.15) is 29.8 Å². The van der Waals surface area contributed by atoms with Gasteiger partial charge in [-0.3, -0.25) is 9.59 Å². The number of hydrogen-bond donors (Lipinski definition) is 2. The molecule has 2 aromatic carbocycles. The molecule has 136 valence electrons. The minimum atomic E-state index is -0.355. The van der Waals surface area contributed by atoms with Crippen LogP contribution in [0.4, 0.5) is 5.69 Å². The summed E-state index contributed by atoms with van der Waals surface area (Å²) in [7, 11) is 3.13. The Labute approximate surface area is 152 Å². The summed E-state index contributed by atoms with van der Waals surface area (Å²) in [6.45, 7) is 3.19. The number of nitrogens with zero attached hydrogens (tertiary/aromatic N) is 1. The molecule has 0 fully saturated rings. The van der Waals surface area contributed by atoms with Crippen molar-refractivity contribution >= 4 is 23.2 Å². The van der Waals surface area contributed by atoms with Gasteiger partial charge in [-0.15, -0.1) is 0 Å². The lowest BCUT2D eigenvalue weighted by atomic mass is 10.1. The van der Waals surface area contributed by atoms with Gasteiger partial charge >= 0.3 is 0 Å². The number of carbonyl (C=O) groups excluding carboxylic acids is 2. The SMILES string of the molecule is COc1ccc(/C(C)=N/NC(=O)c2ccc(NC(C)=O)cc2)c(OC)c1. The molecule has 0 aromatic heterocycles. The molecular weight excluding hydrogens is 334 g/mol. The summed E-state index contributed by atoms with van der Waals surface area (Å²) in [6, 6.07) is 11.9. The molecule has 7 heteroatoms. The fraction of sp³-hybridized carbons (Fsp3) is 0.211. The Morgan fingerprint density at radius 1 is 0.962 bits per heavy atom. The van der Waals surface area contributed by atoms with Crippen LogP contribution in [0.2, 0.25) is 0 Å². The van der Waals surface area contributed by atoms with Crippen molar-refractivity contribution in [3.63, 3.8) is 0 Å². The van der Waals surface area contributed by atoms with E-state index in [1.54, 1.807) is 57.5 Å². The van der Waals surface area contributed by atoms with Gasteiger partial charge in [0.2, 0.25) is 5.91 Å². The van der Waals surface area contributed by atoms with Crippen LogP contribution in [0.5, 0.6) is 11.5 Å². The van der Waals surface area contributed by atoms with Crippen molar-refractivity contribution < 1.29 is 19.1 Å². The van der Waals surface area contributed by atoms with Crippen LogP contribution in [0, 0.1) is 0 Å². The minimum Gasteiger partial charge on any atom is -0.497 e. The summed E-state index contributed by atoms with van der Waals surface area (Å²) in [5.74, 6) is 0.739. The molecule has 0 radical (unpaired) electrons. The first-order valence-electron chi connectivity index (χ1n) is 7.89. The number of benzene rings is 2. The number of hydrogen-bond acceptors (Lipinski definition) is 5. The quantitative estimate of drug-likeness (QED) is 0.616. The zero-order valence-corrected chi connectivity index (χ0v) is 15.1. The van der Waals surface area contributed by atoms with E-state index in [1.165, 1.54) is 6.92 Å². The summed E-state index contributed by atoms with van der Waals surface area (Å²) >= 11 is 0. The van der Waals surface area contributed by atoms with E-state index in [4.69, 9.17) is 9.47 Å². The molecular formula is C19H21N3O4. The molecule has 0 atom stereocenters. The number of carbonyl (C=O) groups is 2. The molecule has 2 amide bonds. The fourth-order valence-corrected chi connectivity index (χ4v) is 2.27. The molecule has 2 aromatic rings. The molecule has 2 N–H and O–H groups in total. The van der Waals surface area contributed by atoms with Gasteiger partial charge < -0.3 is 14.8 Å². The first-order chi connectivity index (χ1) is 12.4. The van der Waals surface area contributed by atoms with Crippen LogP contribution in [-0.2, 0) is 4.79 Å². The molecule has 0 unspecified atom stereocenters. The normalized spacial score (nSPS) is 10.8. The van der Waals surface area contributed by atoms with Crippen molar-refractivity contribution in [3.8, 4) is 11.5 Å². The van der Waals surface area contributed by atoms with Gasteiger partial charge in [0.15, 0.2) is 0 Å². The average molecular weight is 355 g/mol. The first-order valence-corrected chi connectivity index (χ1v) is 7.89. The highest BCUT2D eigenvalue weighted by atomic mass is 16.5. The van der Waals surface area contributed by atoms with Crippen molar-refractivity contribution in [1.29, 1.82) is 0 Å². The summed E-state index contributed by atoms with van der Waals surface area (Å²) < 4.78 is 10.5. The van der Waals surface area contributed by atoms with E-state index in [-0.39, 0.29) is 11.8 Å².